The van der Waals surface area contributed by atoms with Gasteiger partial charge in [0, 0.05) is 12.1 Å². The second kappa shape index (κ2) is 5.22. The molecule has 0 aliphatic carbocycles. The number of benzene rings is 2. The molecule has 1 heterocycles. The van der Waals surface area contributed by atoms with Gasteiger partial charge in [0.15, 0.2) is 0 Å². The van der Waals surface area contributed by atoms with Crippen molar-refractivity contribution in [1.29, 1.82) is 0 Å². The van der Waals surface area contributed by atoms with Gasteiger partial charge in [-0.05, 0) is 18.2 Å². The molecule has 0 atom stereocenters. The number of fused-ring (bicyclic) bond motifs is 1. The predicted molar refractivity (Wildman–Crippen MR) is 80.5 cm³/mol. The lowest BCUT2D eigenvalue weighted by molar-refractivity contribution is -0.385. The first kappa shape index (κ1) is 15.8. The van der Waals surface area contributed by atoms with Crippen molar-refractivity contribution in [2.75, 3.05) is 4.90 Å². The lowest BCUT2D eigenvalue weighted by Crippen LogP contribution is -2.30. The number of nitrogens with zero attached hydrogens (tertiary/aromatic N) is 2. The van der Waals surface area contributed by atoms with E-state index in [1.807, 2.05) is 0 Å². The van der Waals surface area contributed by atoms with Crippen LogP contribution >= 0.6 is 0 Å². The minimum absolute atomic E-state index is 0.0714. The highest BCUT2D eigenvalue weighted by Crippen LogP contribution is 2.34. The molecule has 0 aromatic heterocycles. The smallest absolute Gasteiger partial charge is 0.282 e. The van der Waals surface area contributed by atoms with Crippen molar-refractivity contribution in [3.8, 4) is 0 Å². The molecule has 0 saturated carbocycles. The van der Waals surface area contributed by atoms with Crippen molar-refractivity contribution < 1.29 is 27.5 Å². The molecule has 2 aromatic carbocycles. The Morgan fingerprint density at radius 3 is 2.00 bits per heavy atom. The topological polar surface area (TPSA) is 135 Å². The molecule has 0 bridgehead atoms. The zero-order valence-corrected chi connectivity index (χ0v) is 12.6. The van der Waals surface area contributed by atoms with E-state index in [-0.39, 0.29) is 11.1 Å². The lowest BCUT2D eigenvalue weighted by Gasteiger charge is -2.16. The first-order valence-electron chi connectivity index (χ1n) is 6.45. The molecule has 3 rings (SSSR count). The minimum Gasteiger partial charge on any atom is -0.282 e. The fourth-order valence-corrected chi connectivity index (χ4v) is 3.11. The van der Waals surface area contributed by atoms with Crippen molar-refractivity contribution in [2.24, 2.45) is 0 Å². The summed E-state index contributed by atoms with van der Waals surface area (Å²) in [6.07, 6.45) is 0. The van der Waals surface area contributed by atoms with Crippen molar-refractivity contribution >= 4 is 33.3 Å². The lowest BCUT2D eigenvalue weighted by atomic mass is 10.1. The number of rotatable bonds is 3. The Morgan fingerprint density at radius 1 is 1.00 bits per heavy atom. The second-order valence-electron chi connectivity index (χ2n) is 4.88. The van der Waals surface area contributed by atoms with E-state index >= 15 is 0 Å². The number of carbonyl (C=O) groups excluding carboxylic acids is 2. The Balaban J connectivity index is 2.23. The summed E-state index contributed by atoms with van der Waals surface area (Å²) in [6, 6.07) is 8.33. The molecule has 2 aromatic rings. The summed E-state index contributed by atoms with van der Waals surface area (Å²) in [5.74, 6) is -1.57. The summed E-state index contributed by atoms with van der Waals surface area (Å²) in [5.41, 5.74) is -0.915. The normalized spacial score (nSPS) is 14.0. The van der Waals surface area contributed by atoms with Gasteiger partial charge in [-0.15, -0.1) is 0 Å². The summed E-state index contributed by atoms with van der Waals surface area (Å²) >= 11 is 0. The van der Waals surface area contributed by atoms with E-state index in [1.165, 1.54) is 24.3 Å². The number of non-ortho nitro benzene ring substituents is 1. The molecular weight excluding hydrogens is 340 g/mol. The quantitative estimate of drug-likeness (QED) is 0.385. The van der Waals surface area contributed by atoms with Crippen LogP contribution in [0.5, 0.6) is 0 Å². The number of hydrogen-bond acceptors (Lipinski definition) is 6. The fourth-order valence-electron chi connectivity index (χ4n) is 2.42. The summed E-state index contributed by atoms with van der Waals surface area (Å²) in [7, 11) is -4.91. The van der Waals surface area contributed by atoms with Gasteiger partial charge in [-0.2, -0.15) is 8.42 Å². The highest BCUT2D eigenvalue weighted by Gasteiger charge is 2.39. The third-order valence-electron chi connectivity index (χ3n) is 3.47. The van der Waals surface area contributed by atoms with Gasteiger partial charge in [0.1, 0.15) is 4.90 Å². The largest absolute Gasteiger partial charge is 0.296 e. The highest BCUT2D eigenvalue weighted by atomic mass is 32.2. The zero-order chi connectivity index (χ0) is 17.6. The van der Waals surface area contributed by atoms with E-state index in [1.54, 1.807) is 0 Å². The van der Waals surface area contributed by atoms with Crippen LogP contribution in [-0.4, -0.2) is 29.7 Å². The molecular formula is C14H8N2O7S. The SMILES string of the molecule is O=C1c2ccccc2C(=O)N1c1ccc([N+](=O)[O-])cc1S(=O)(=O)O. The van der Waals surface area contributed by atoms with Crippen LogP contribution in [0, 0.1) is 10.1 Å². The first-order valence-corrected chi connectivity index (χ1v) is 7.89. The number of nitro benzene ring substituents is 1. The number of carbonyl (C=O) groups is 2. The monoisotopic (exact) mass is 348 g/mol. The van der Waals surface area contributed by atoms with E-state index < -0.39 is 43.1 Å². The number of anilines is 1. The van der Waals surface area contributed by atoms with Crippen LogP contribution in [-0.2, 0) is 10.1 Å². The molecule has 0 fully saturated rings. The summed E-state index contributed by atoms with van der Waals surface area (Å²) in [4.78, 5) is 34.4. The van der Waals surface area contributed by atoms with E-state index in [0.29, 0.717) is 11.0 Å². The Bertz CT molecular complexity index is 979. The molecule has 10 heteroatoms. The van der Waals surface area contributed by atoms with Crippen LogP contribution in [0.4, 0.5) is 11.4 Å². The standard InChI is InChI=1S/C14H8N2O7S/c17-13-9-3-1-2-4-10(9)14(18)15(13)11-6-5-8(16(19)20)7-12(11)24(21,22)23/h1-7H,(H,21,22,23). The van der Waals surface area contributed by atoms with Crippen LogP contribution in [0.1, 0.15) is 20.7 Å². The maximum atomic E-state index is 12.4. The molecule has 0 saturated heterocycles. The van der Waals surface area contributed by atoms with Gasteiger partial charge in [0.25, 0.3) is 27.6 Å². The number of hydrogen-bond donors (Lipinski definition) is 1. The predicted octanol–water partition coefficient (Wildman–Crippen LogP) is 1.64. The first-order chi connectivity index (χ1) is 11.2. The molecule has 9 nitrogen and oxygen atoms in total. The van der Waals surface area contributed by atoms with Crippen molar-refractivity contribution in [2.45, 2.75) is 4.90 Å². The van der Waals surface area contributed by atoms with Gasteiger partial charge in [-0.25, -0.2) is 4.90 Å². The Morgan fingerprint density at radius 2 is 1.54 bits per heavy atom. The van der Waals surface area contributed by atoms with E-state index in [4.69, 9.17) is 0 Å². The molecule has 24 heavy (non-hydrogen) atoms. The zero-order valence-electron chi connectivity index (χ0n) is 11.7. The summed E-state index contributed by atoms with van der Waals surface area (Å²) in [5, 5.41) is 10.8. The maximum absolute atomic E-state index is 12.4. The Hall–Kier alpha value is -3.11. The summed E-state index contributed by atoms with van der Waals surface area (Å²) in [6.45, 7) is 0. The molecule has 2 amide bonds. The molecule has 0 spiro atoms. The van der Waals surface area contributed by atoms with Crippen LogP contribution in [0.15, 0.2) is 47.4 Å². The number of amides is 2. The van der Waals surface area contributed by atoms with Crippen molar-refractivity contribution in [3.63, 3.8) is 0 Å². The van der Waals surface area contributed by atoms with E-state index in [9.17, 15) is 32.7 Å². The van der Waals surface area contributed by atoms with Gasteiger partial charge in [0.05, 0.1) is 21.7 Å². The maximum Gasteiger partial charge on any atom is 0.296 e. The minimum atomic E-state index is -4.91. The van der Waals surface area contributed by atoms with Gasteiger partial charge in [-0.3, -0.25) is 24.3 Å². The molecule has 0 unspecified atom stereocenters. The molecule has 1 aliphatic heterocycles. The van der Waals surface area contributed by atoms with Crippen LogP contribution in [0.2, 0.25) is 0 Å². The van der Waals surface area contributed by atoms with Crippen LogP contribution in [0.25, 0.3) is 0 Å². The Labute approximate surface area is 135 Å². The second-order valence-corrected chi connectivity index (χ2v) is 6.27. The highest BCUT2D eigenvalue weighted by molar-refractivity contribution is 7.86. The number of nitro groups is 1. The van der Waals surface area contributed by atoms with Crippen molar-refractivity contribution in [3.05, 3.63) is 63.7 Å². The third-order valence-corrected chi connectivity index (χ3v) is 4.35. The van der Waals surface area contributed by atoms with Crippen LogP contribution < -0.4 is 4.90 Å². The summed E-state index contributed by atoms with van der Waals surface area (Å²) < 4.78 is 32.4. The molecule has 0 radical (unpaired) electrons. The van der Waals surface area contributed by atoms with Gasteiger partial charge in [-0.1, -0.05) is 12.1 Å². The average Bonchev–Trinajstić information content (AvgIpc) is 2.78. The number of imide groups is 1. The average molecular weight is 348 g/mol. The Kier molecular flexibility index (Phi) is 3.43. The van der Waals surface area contributed by atoms with Gasteiger partial charge in [0.2, 0.25) is 0 Å². The molecule has 122 valence electrons. The van der Waals surface area contributed by atoms with Crippen LogP contribution in [0.3, 0.4) is 0 Å². The van der Waals surface area contributed by atoms with E-state index in [0.717, 1.165) is 12.1 Å². The van der Waals surface area contributed by atoms with Crippen molar-refractivity contribution in [1.82, 2.24) is 0 Å². The van der Waals surface area contributed by atoms with Gasteiger partial charge >= 0.3 is 0 Å². The molecule has 1 aliphatic rings. The van der Waals surface area contributed by atoms with Gasteiger partial charge < -0.3 is 0 Å². The van der Waals surface area contributed by atoms with E-state index in [2.05, 4.69) is 0 Å². The molecule has 1 N–H and O–H groups in total. The fraction of sp³-hybridized carbons (Fsp3) is 0. The third kappa shape index (κ3) is 2.33.